The molecule has 0 heterocycles. The van der Waals surface area contributed by atoms with E-state index in [0.717, 1.165) is 0 Å². The van der Waals surface area contributed by atoms with Gasteiger partial charge in [0.05, 0.1) is 21.4 Å². The molecule has 0 fully saturated rings. The lowest BCUT2D eigenvalue weighted by atomic mass is 9.91. The Balaban J connectivity index is 2.53. The van der Waals surface area contributed by atoms with Crippen LogP contribution in [0.2, 0.25) is 10.0 Å². The fourth-order valence-electron chi connectivity index (χ4n) is 1.92. The van der Waals surface area contributed by atoms with E-state index < -0.39 is 11.9 Å². The lowest BCUT2D eigenvalue weighted by Crippen LogP contribution is -2.13. The van der Waals surface area contributed by atoms with Crippen molar-refractivity contribution in [3.8, 4) is 0 Å². The highest BCUT2D eigenvalue weighted by molar-refractivity contribution is 6.33. The third kappa shape index (κ3) is 2.81. The third-order valence-electron chi connectivity index (χ3n) is 2.96. The van der Waals surface area contributed by atoms with Gasteiger partial charge in [0.1, 0.15) is 5.92 Å². The first-order valence-corrected chi connectivity index (χ1v) is 6.48. The van der Waals surface area contributed by atoms with Crippen LogP contribution in [0.1, 0.15) is 17.0 Å². The van der Waals surface area contributed by atoms with Crippen LogP contribution < -0.4 is 11.5 Å². The molecule has 4 nitrogen and oxygen atoms in total. The van der Waals surface area contributed by atoms with Crippen LogP contribution in [0.5, 0.6) is 0 Å². The lowest BCUT2D eigenvalue weighted by Gasteiger charge is -2.15. The van der Waals surface area contributed by atoms with Gasteiger partial charge in [0.25, 0.3) is 0 Å². The summed E-state index contributed by atoms with van der Waals surface area (Å²) in [5.41, 5.74) is 13.1. The summed E-state index contributed by atoms with van der Waals surface area (Å²) in [5.74, 6) is -1.89. The summed E-state index contributed by atoms with van der Waals surface area (Å²) < 4.78 is 0. The van der Waals surface area contributed by atoms with Crippen LogP contribution in [-0.2, 0) is 4.79 Å². The van der Waals surface area contributed by atoms with Gasteiger partial charge in [0, 0.05) is 0 Å². The van der Waals surface area contributed by atoms with Gasteiger partial charge in [-0.1, -0.05) is 35.3 Å². The number of hydrogen-bond acceptors (Lipinski definition) is 3. The summed E-state index contributed by atoms with van der Waals surface area (Å²) in [6.45, 7) is 0. The molecule has 0 aliphatic heterocycles. The maximum Gasteiger partial charge on any atom is 0.315 e. The maximum atomic E-state index is 11.5. The van der Waals surface area contributed by atoms with Gasteiger partial charge < -0.3 is 16.6 Å². The molecule has 104 valence electrons. The highest BCUT2D eigenvalue weighted by Gasteiger charge is 2.23. The van der Waals surface area contributed by atoms with Crippen LogP contribution in [0.15, 0.2) is 36.4 Å². The average molecular weight is 311 g/mol. The summed E-state index contributed by atoms with van der Waals surface area (Å²) in [7, 11) is 0. The Labute approximate surface area is 125 Å². The minimum Gasteiger partial charge on any atom is -0.481 e. The van der Waals surface area contributed by atoms with Gasteiger partial charge in [-0.25, -0.2) is 0 Å². The van der Waals surface area contributed by atoms with Gasteiger partial charge in [-0.15, -0.1) is 0 Å². The lowest BCUT2D eigenvalue weighted by molar-refractivity contribution is -0.137. The largest absolute Gasteiger partial charge is 0.481 e. The molecule has 2 rings (SSSR count). The van der Waals surface area contributed by atoms with E-state index in [0.29, 0.717) is 32.5 Å². The average Bonchev–Trinajstić information content (AvgIpc) is 2.38. The van der Waals surface area contributed by atoms with Gasteiger partial charge in [-0.3, -0.25) is 4.79 Å². The first-order valence-electron chi connectivity index (χ1n) is 5.73. The van der Waals surface area contributed by atoms with Crippen LogP contribution in [0.4, 0.5) is 11.4 Å². The molecule has 5 N–H and O–H groups in total. The monoisotopic (exact) mass is 310 g/mol. The predicted octanol–water partition coefficient (Wildman–Crippen LogP) is 3.37. The number of halogens is 2. The minimum atomic E-state index is -1.01. The van der Waals surface area contributed by atoms with E-state index in [-0.39, 0.29) is 0 Å². The molecule has 0 spiro atoms. The molecule has 0 aliphatic rings. The highest BCUT2D eigenvalue weighted by atomic mass is 35.5. The van der Waals surface area contributed by atoms with E-state index in [9.17, 15) is 9.90 Å². The molecule has 0 radical (unpaired) electrons. The summed E-state index contributed by atoms with van der Waals surface area (Å²) in [6.07, 6.45) is 0. The number of hydrogen-bond donors (Lipinski definition) is 3. The molecule has 0 atom stereocenters. The highest BCUT2D eigenvalue weighted by Crippen LogP contribution is 2.32. The molecule has 0 saturated heterocycles. The maximum absolute atomic E-state index is 11.5. The number of aliphatic carboxylic acids is 1. The van der Waals surface area contributed by atoms with Crippen molar-refractivity contribution in [1.82, 2.24) is 0 Å². The zero-order valence-electron chi connectivity index (χ0n) is 10.3. The number of nitrogens with two attached hydrogens (primary N) is 2. The van der Waals surface area contributed by atoms with Crippen LogP contribution in [0, 0.1) is 0 Å². The standard InChI is InChI=1S/C14H12Cl2N2O2/c15-9-5-7(1-3-11(9)17)13(14(19)20)8-2-4-12(18)10(16)6-8/h1-6,13H,17-18H2,(H,19,20). The predicted molar refractivity (Wildman–Crippen MR) is 81.2 cm³/mol. The molecular weight excluding hydrogens is 299 g/mol. The zero-order chi connectivity index (χ0) is 14.9. The fraction of sp³-hybridized carbons (Fsp3) is 0.0714. The zero-order valence-corrected chi connectivity index (χ0v) is 11.8. The van der Waals surface area contributed by atoms with E-state index in [4.69, 9.17) is 34.7 Å². The quantitative estimate of drug-likeness (QED) is 0.758. The molecule has 6 heteroatoms. The molecule has 20 heavy (non-hydrogen) atoms. The molecular formula is C14H12Cl2N2O2. The van der Waals surface area contributed by atoms with E-state index >= 15 is 0 Å². The molecule has 0 bridgehead atoms. The minimum absolute atomic E-state index is 0.315. The van der Waals surface area contributed by atoms with Crippen LogP contribution in [0.25, 0.3) is 0 Å². The van der Waals surface area contributed by atoms with Gasteiger partial charge in [0.15, 0.2) is 0 Å². The second-order valence-electron chi connectivity index (χ2n) is 4.33. The van der Waals surface area contributed by atoms with Crippen molar-refractivity contribution in [1.29, 1.82) is 0 Å². The first-order chi connectivity index (χ1) is 9.40. The summed E-state index contributed by atoms with van der Waals surface area (Å²) in [5, 5.41) is 10.1. The molecule has 2 aromatic carbocycles. The second kappa shape index (κ2) is 5.61. The normalized spacial score (nSPS) is 10.8. The van der Waals surface area contributed by atoms with Crippen LogP contribution in [0.3, 0.4) is 0 Å². The first kappa shape index (κ1) is 14.5. The fourth-order valence-corrected chi connectivity index (χ4v) is 2.30. The molecule has 0 aliphatic carbocycles. The number of carboxylic acids is 1. The molecule has 0 unspecified atom stereocenters. The van der Waals surface area contributed by atoms with E-state index in [1.165, 1.54) is 0 Å². The Bertz CT molecular complexity index is 623. The molecule has 0 aromatic heterocycles. The third-order valence-corrected chi connectivity index (χ3v) is 3.62. The van der Waals surface area contributed by atoms with E-state index in [2.05, 4.69) is 0 Å². The number of carbonyl (C=O) groups is 1. The Kier molecular flexibility index (Phi) is 4.06. The van der Waals surface area contributed by atoms with E-state index in [1.807, 2.05) is 0 Å². The van der Waals surface area contributed by atoms with Crippen molar-refractivity contribution in [3.05, 3.63) is 57.6 Å². The van der Waals surface area contributed by atoms with Gasteiger partial charge in [-0.05, 0) is 35.4 Å². The number of rotatable bonds is 3. The number of anilines is 2. The van der Waals surface area contributed by atoms with Crippen molar-refractivity contribution in [2.75, 3.05) is 11.5 Å². The van der Waals surface area contributed by atoms with Gasteiger partial charge in [0.2, 0.25) is 0 Å². The molecule has 0 saturated carbocycles. The van der Waals surface area contributed by atoms with Gasteiger partial charge in [-0.2, -0.15) is 0 Å². The van der Waals surface area contributed by atoms with Crippen molar-refractivity contribution < 1.29 is 9.90 Å². The Morgan fingerprint density at radius 3 is 1.65 bits per heavy atom. The topological polar surface area (TPSA) is 89.3 Å². The van der Waals surface area contributed by atoms with Crippen LogP contribution >= 0.6 is 23.2 Å². The smallest absolute Gasteiger partial charge is 0.315 e. The molecule has 0 amide bonds. The number of nitrogen functional groups attached to an aromatic ring is 2. The number of benzene rings is 2. The Morgan fingerprint density at radius 2 is 1.35 bits per heavy atom. The van der Waals surface area contributed by atoms with Gasteiger partial charge >= 0.3 is 5.97 Å². The summed E-state index contributed by atoms with van der Waals surface area (Å²) in [6, 6.07) is 9.49. The number of carboxylic acid groups (broad SMARTS) is 1. The second-order valence-corrected chi connectivity index (χ2v) is 5.15. The SMILES string of the molecule is Nc1ccc(C(C(=O)O)c2ccc(N)c(Cl)c2)cc1Cl. The van der Waals surface area contributed by atoms with Crippen molar-refractivity contribution >= 4 is 40.5 Å². The van der Waals surface area contributed by atoms with E-state index in [1.54, 1.807) is 36.4 Å². The summed E-state index contributed by atoms with van der Waals surface area (Å²) >= 11 is 11.9. The van der Waals surface area contributed by atoms with Crippen LogP contribution in [-0.4, -0.2) is 11.1 Å². The Morgan fingerprint density at radius 1 is 0.950 bits per heavy atom. The molecule has 2 aromatic rings. The van der Waals surface area contributed by atoms with Crippen molar-refractivity contribution in [2.45, 2.75) is 5.92 Å². The van der Waals surface area contributed by atoms with Crippen molar-refractivity contribution in [3.63, 3.8) is 0 Å². The summed E-state index contributed by atoms with van der Waals surface area (Å²) in [4.78, 5) is 11.5. The Hall–Kier alpha value is -1.91. The van der Waals surface area contributed by atoms with Crippen molar-refractivity contribution in [2.24, 2.45) is 0 Å².